The van der Waals surface area contributed by atoms with Crippen molar-refractivity contribution in [3.63, 3.8) is 0 Å². The van der Waals surface area contributed by atoms with Gasteiger partial charge in [-0.15, -0.1) is 0 Å². The number of halogens is 2. The first-order valence-electron chi connectivity index (χ1n) is 6.94. The molecular formula is C15H26F2O. The van der Waals surface area contributed by atoms with Crippen LogP contribution >= 0.6 is 0 Å². The summed E-state index contributed by atoms with van der Waals surface area (Å²) in [7, 11) is 0. The highest BCUT2D eigenvalue weighted by atomic mass is 19.3. The lowest BCUT2D eigenvalue weighted by atomic mass is 9.67. The summed E-state index contributed by atoms with van der Waals surface area (Å²) in [6.07, 6.45) is 7.03. The lowest BCUT2D eigenvalue weighted by Crippen LogP contribution is -2.35. The zero-order chi connectivity index (χ0) is 13.8. The molecular weight excluding hydrogens is 234 g/mol. The topological polar surface area (TPSA) is 9.23 Å². The zero-order valence-corrected chi connectivity index (χ0v) is 12.0. The van der Waals surface area contributed by atoms with E-state index in [-0.39, 0.29) is 11.5 Å². The first-order valence-corrected chi connectivity index (χ1v) is 6.94. The van der Waals surface area contributed by atoms with Gasteiger partial charge in [-0.2, -0.15) is 0 Å². The predicted octanol–water partition coefficient (Wildman–Crippen LogP) is 4.82. The van der Waals surface area contributed by atoms with Crippen molar-refractivity contribution in [2.45, 2.75) is 65.4 Å². The quantitative estimate of drug-likeness (QED) is 0.596. The number of rotatable bonds is 7. The molecule has 0 aromatic carbocycles. The standard InChI is InChI=1S/C15H26F2O/c1-12(2)15(16,17)10-6-9-14(7-5-8-14)11-18-13(3)4/h6,10,12-13H,5,7-9,11H2,1-4H3/b10-6+. The number of ether oxygens (including phenoxy) is 1. The first-order chi connectivity index (χ1) is 8.27. The van der Waals surface area contributed by atoms with Crippen LogP contribution in [0.4, 0.5) is 8.78 Å². The Bertz CT molecular complexity index is 278. The Morgan fingerprint density at radius 1 is 1.22 bits per heavy atom. The van der Waals surface area contributed by atoms with Crippen molar-refractivity contribution in [3.8, 4) is 0 Å². The molecule has 0 atom stereocenters. The van der Waals surface area contributed by atoms with Gasteiger partial charge in [-0.05, 0) is 44.6 Å². The van der Waals surface area contributed by atoms with Gasteiger partial charge in [-0.25, -0.2) is 8.78 Å². The number of allylic oxidation sites excluding steroid dienone is 2. The van der Waals surface area contributed by atoms with Crippen molar-refractivity contribution in [1.29, 1.82) is 0 Å². The lowest BCUT2D eigenvalue weighted by Gasteiger charge is -2.41. The average molecular weight is 260 g/mol. The van der Waals surface area contributed by atoms with Crippen LogP contribution in [0.2, 0.25) is 0 Å². The van der Waals surface area contributed by atoms with Crippen molar-refractivity contribution in [1.82, 2.24) is 0 Å². The third kappa shape index (κ3) is 4.34. The van der Waals surface area contributed by atoms with Crippen molar-refractivity contribution in [2.75, 3.05) is 6.61 Å². The van der Waals surface area contributed by atoms with E-state index < -0.39 is 11.8 Å². The van der Waals surface area contributed by atoms with Gasteiger partial charge in [0, 0.05) is 5.92 Å². The molecule has 0 radical (unpaired) electrons. The summed E-state index contributed by atoms with van der Waals surface area (Å²) in [4.78, 5) is 0. The van der Waals surface area contributed by atoms with Crippen LogP contribution in [0.5, 0.6) is 0 Å². The van der Waals surface area contributed by atoms with E-state index in [4.69, 9.17) is 4.74 Å². The van der Waals surface area contributed by atoms with Crippen molar-refractivity contribution in [2.24, 2.45) is 11.3 Å². The Morgan fingerprint density at radius 2 is 1.83 bits per heavy atom. The van der Waals surface area contributed by atoms with Gasteiger partial charge in [0.1, 0.15) is 0 Å². The maximum absolute atomic E-state index is 13.4. The van der Waals surface area contributed by atoms with Gasteiger partial charge in [-0.1, -0.05) is 26.3 Å². The molecule has 0 aromatic rings. The second-order valence-corrected chi connectivity index (χ2v) is 6.15. The highest BCUT2D eigenvalue weighted by Gasteiger charge is 2.37. The number of alkyl halides is 2. The molecule has 3 heteroatoms. The SMILES string of the molecule is CC(C)OCC1(C/C=C/C(F)(F)C(C)C)CCC1. The molecule has 1 nitrogen and oxygen atoms in total. The summed E-state index contributed by atoms with van der Waals surface area (Å²) in [6, 6.07) is 0. The van der Waals surface area contributed by atoms with Gasteiger partial charge in [0.2, 0.25) is 0 Å². The van der Waals surface area contributed by atoms with Crippen LogP contribution in [0.3, 0.4) is 0 Å². The first kappa shape index (κ1) is 15.6. The van der Waals surface area contributed by atoms with Crippen molar-refractivity contribution < 1.29 is 13.5 Å². The minimum Gasteiger partial charge on any atom is -0.378 e. The van der Waals surface area contributed by atoms with Gasteiger partial charge < -0.3 is 4.74 Å². The summed E-state index contributed by atoms with van der Waals surface area (Å²) < 4.78 is 32.5. The van der Waals surface area contributed by atoms with E-state index in [9.17, 15) is 8.78 Å². The molecule has 18 heavy (non-hydrogen) atoms. The van der Waals surface area contributed by atoms with Gasteiger partial charge in [0.15, 0.2) is 0 Å². The maximum atomic E-state index is 13.4. The second kappa shape index (κ2) is 6.14. The molecule has 0 amide bonds. The zero-order valence-electron chi connectivity index (χ0n) is 12.0. The van der Waals surface area contributed by atoms with Gasteiger partial charge in [-0.3, -0.25) is 0 Å². The summed E-state index contributed by atoms with van der Waals surface area (Å²) in [6.45, 7) is 7.81. The molecule has 0 spiro atoms. The van der Waals surface area contributed by atoms with Crippen molar-refractivity contribution in [3.05, 3.63) is 12.2 Å². The normalized spacial score (nSPS) is 19.8. The van der Waals surface area contributed by atoms with Crippen LogP contribution in [0.1, 0.15) is 53.4 Å². The summed E-state index contributed by atoms with van der Waals surface area (Å²) >= 11 is 0. The molecule has 0 saturated heterocycles. The molecule has 1 aliphatic carbocycles. The van der Waals surface area contributed by atoms with Crippen LogP contribution in [0.15, 0.2) is 12.2 Å². The van der Waals surface area contributed by atoms with E-state index in [2.05, 4.69) is 0 Å². The smallest absolute Gasteiger partial charge is 0.268 e. The summed E-state index contributed by atoms with van der Waals surface area (Å²) in [5.74, 6) is -3.33. The second-order valence-electron chi connectivity index (χ2n) is 6.15. The predicted molar refractivity (Wildman–Crippen MR) is 70.9 cm³/mol. The van der Waals surface area contributed by atoms with E-state index in [0.717, 1.165) is 18.9 Å². The maximum Gasteiger partial charge on any atom is 0.268 e. The minimum atomic E-state index is -2.69. The van der Waals surface area contributed by atoms with Crippen LogP contribution in [-0.2, 0) is 4.74 Å². The lowest BCUT2D eigenvalue weighted by molar-refractivity contribution is -0.0317. The molecule has 1 saturated carbocycles. The van der Waals surface area contributed by atoms with Crippen LogP contribution in [-0.4, -0.2) is 18.6 Å². The largest absolute Gasteiger partial charge is 0.378 e. The molecule has 0 unspecified atom stereocenters. The van der Waals surface area contributed by atoms with E-state index >= 15 is 0 Å². The van der Waals surface area contributed by atoms with Crippen LogP contribution in [0, 0.1) is 11.3 Å². The Morgan fingerprint density at radius 3 is 2.22 bits per heavy atom. The number of hydrogen-bond donors (Lipinski definition) is 0. The van der Waals surface area contributed by atoms with E-state index in [1.165, 1.54) is 6.42 Å². The summed E-state index contributed by atoms with van der Waals surface area (Å²) in [5, 5.41) is 0. The summed E-state index contributed by atoms with van der Waals surface area (Å²) in [5.41, 5.74) is 0.119. The minimum absolute atomic E-state index is 0.119. The Hall–Kier alpha value is -0.440. The molecule has 0 aliphatic heterocycles. The highest BCUT2D eigenvalue weighted by molar-refractivity contribution is 5.01. The van der Waals surface area contributed by atoms with E-state index in [1.54, 1.807) is 19.9 Å². The molecule has 1 fully saturated rings. The number of hydrogen-bond acceptors (Lipinski definition) is 1. The Balaban J connectivity index is 2.47. The Kier molecular flexibility index (Phi) is 5.32. The fraction of sp³-hybridized carbons (Fsp3) is 0.867. The van der Waals surface area contributed by atoms with Crippen LogP contribution in [0.25, 0.3) is 0 Å². The van der Waals surface area contributed by atoms with Gasteiger partial charge in [0.25, 0.3) is 5.92 Å². The third-order valence-electron chi connectivity index (χ3n) is 3.80. The molecule has 0 heterocycles. The monoisotopic (exact) mass is 260 g/mol. The molecule has 0 bridgehead atoms. The van der Waals surface area contributed by atoms with E-state index in [0.29, 0.717) is 13.0 Å². The van der Waals surface area contributed by atoms with Gasteiger partial charge >= 0.3 is 0 Å². The molecule has 0 aromatic heterocycles. The highest BCUT2D eigenvalue weighted by Crippen LogP contribution is 2.45. The fourth-order valence-corrected chi connectivity index (χ4v) is 2.09. The van der Waals surface area contributed by atoms with Crippen molar-refractivity contribution >= 4 is 0 Å². The molecule has 1 aliphatic rings. The molecule has 0 N–H and O–H groups in total. The molecule has 106 valence electrons. The van der Waals surface area contributed by atoms with Crippen LogP contribution < -0.4 is 0 Å². The third-order valence-corrected chi connectivity index (χ3v) is 3.80. The van der Waals surface area contributed by atoms with Gasteiger partial charge in [0.05, 0.1) is 12.7 Å². The fourth-order valence-electron chi connectivity index (χ4n) is 2.09. The Labute approximate surface area is 110 Å². The van der Waals surface area contributed by atoms with E-state index in [1.807, 2.05) is 13.8 Å². The average Bonchev–Trinajstić information content (AvgIpc) is 2.20. The molecule has 1 rings (SSSR count).